The van der Waals surface area contributed by atoms with Crippen LogP contribution in [0.15, 0.2) is 48.8 Å². The molecule has 0 bridgehead atoms. The first-order valence-corrected chi connectivity index (χ1v) is 18.3. The molecule has 4 amide bonds. The second-order valence-electron chi connectivity index (χ2n) is 14.4. The van der Waals surface area contributed by atoms with E-state index in [9.17, 15) is 19.2 Å². The lowest BCUT2D eigenvalue weighted by Gasteiger charge is -2.42. The minimum absolute atomic E-state index is 0.104. The minimum atomic E-state index is -0.686. The fourth-order valence-corrected chi connectivity index (χ4v) is 7.96. The molecule has 2 fully saturated rings. The van der Waals surface area contributed by atoms with Gasteiger partial charge in [0.1, 0.15) is 24.2 Å². The second kappa shape index (κ2) is 14.0. The largest absolute Gasteiger partial charge is 0.453 e. The summed E-state index contributed by atoms with van der Waals surface area (Å²) in [6.45, 7) is 4.86. The molecule has 15 heteroatoms. The van der Waals surface area contributed by atoms with Crippen molar-refractivity contribution in [2.24, 2.45) is 5.92 Å². The molecular weight excluding hydrogens is 690 g/mol. The Labute approximate surface area is 311 Å². The SMILES string of the molecule is COC(=O)NCC(=O)N1CCCC1c1ncc(-c2ccc3c(c2)Cc2c-3[nH]c3ccc(-c4cnc(C5CCN5C(=O)C(NC(=O)OC)C(C)C)[nH]4)cc23)[nH]1. The second-order valence-corrected chi connectivity index (χ2v) is 14.4. The van der Waals surface area contributed by atoms with Gasteiger partial charge in [-0.1, -0.05) is 32.0 Å². The molecule has 54 heavy (non-hydrogen) atoms. The van der Waals surface area contributed by atoms with E-state index < -0.39 is 18.2 Å². The number of benzene rings is 2. The number of aromatic amines is 3. The maximum atomic E-state index is 13.4. The van der Waals surface area contributed by atoms with Crippen molar-refractivity contribution in [1.82, 2.24) is 45.4 Å². The van der Waals surface area contributed by atoms with Gasteiger partial charge < -0.3 is 44.9 Å². The minimum Gasteiger partial charge on any atom is -0.453 e. The Balaban J connectivity index is 0.976. The van der Waals surface area contributed by atoms with Crippen molar-refractivity contribution in [1.29, 1.82) is 0 Å². The highest BCUT2D eigenvalue weighted by Crippen LogP contribution is 2.43. The summed E-state index contributed by atoms with van der Waals surface area (Å²) < 4.78 is 9.34. The molecule has 0 spiro atoms. The number of H-pyrrole nitrogens is 3. The van der Waals surface area contributed by atoms with Gasteiger partial charge in [-0.05, 0) is 60.1 Å². The number of aromatic nitrogens is 5. The number of carbonyl (C=O) groups excluding carboxylic acids is 4. The van der Waals surface area contributed by atoms with Gasteiger partial charge in [0.15, 0.2) is 0 Å². The number of alkyl carbamates (subject to hydrolysis) is 2. The van der Waals surface area contributed by atoms with E-state index in [1.165, 1.54) is 25.3 Å². The van der Waals surface area contributed by atoms with Crippen LogP contribution in [0.1, 0.15) is 68.0 Å². The molecule has 8 rings (SSSR count). The molecule has 3 aromatic heterocycles. The smallest absolute Gasteiger partial charge is 0.407 e. The van der Waals surface area contributed by atoms with E-state index in [4.69, 9.17) is 4.74 Å². The standard InChI is InChI=1S/C39H43N9O6/c1-20(2)33(46-39(52)54-4)37(50)48-13-11-31(48)36-41-18-29(45-36)22-8-10-27-25(15-22)26-16-23-14-21(7-9-24(23)34(26)43-27)28-17-40-35(44-28)30-6-5-12-47(30)32(49)19-42-38(51)53-3/h7-10,14-15,17-18,20,30-31,33,43H,5-6,11-13,16,19H2,1-4H3,(H,40,44)(H,41,45)(H,42,51)(H,46,52). The number of nitrogens with one attached hydrogen (secondary N) is 5. The van der Waals surface area contributed by atoms with Crippen LogP contribution >= 0.6 is 0 Å². The molecule has 5 N–H and O–H groups in total. The van der Waals surface area contributed by atoms with Crippen LogP contribution in [0.25, 0.3) is 44.7 Å². The third-order valence-electron chi connectivity index (χ3n) is 10.9. The van der Waals surface area contributed by atoms with Gasteiger partial charge in [-0.15, -0.1) is 0 Å². The average Bonchev–Trinajstić information content (AvgIpc) is 4.00. The number of hydrogen-bond donors (Lipinski definition) is 5. The highest BCUT2D eigenvalue weighted by atomic mass is 16.5. The van der Waals surface area contributed by atoms with Crippen molar-refractivity contribution < 1.29 is 28.7 Å². The van der Waals surface area contributed by atoms with Gasteiger partial charge in [0.25, 0.3) is 0 Å². The fraction of sp³-hybridized carbons (Fsp3) is 0.385. The van der Waals surface area contributed by atoms with E-state index in [0.717, 1.165) is 76.2 Å². The Morgan fingerprint density at radius 2 is 1.54 bits per heavy atom. The molecule has 3 aliphatic rings. The van der Waals surface area contributed by atoms with Crippen molar-refractivity contribution in [2.75, 3.05) is 33.9 Å². The normalized spacial score (nSPS) is 17.9. The third-order valence-corrected chi connectivity index (χ3v) is 10.9. The lowest BCUT2D eigenvalue weighted by molar-refractivity contribution is -0.142. The lowest BCUT2D eigenvalue weighted by Crippen LogP contribution is -2.56. The van der Waals surface area contributed by atoms with Crippen LogP contribution in [-0.4, -0.2) is 98.6 Å². The summed E-state index contributed by atoms with van der Waals surface area (Å²) >= 11 is 0. The molecule has 0 saturated carbocycles. The van der Waals surface area contributed by atoms with E-state index in [2.05, 4.69) is 76.7 Å². The molecule has 15 nitrogen and oxygen atoms in total. The monoisotopic (exact) mass is 733 g/mol. The van der Waals surface area contributed by atoms with Crippen LogP contribution in [0.2, 0.25) is 0 Å². The number of fused-ring (bicyclic) bond motifs is 5. The number of amides is 4. The van der Waals surface area contributed by atoms with Gasteiger partial charge in [-0.25, -0.2) is 19.6 Å². The molecule has 5 heterocycles. The van der Waals surface area contributed by atoms with Crippen LogP contribution in [0.5, 0.6) is 0 Å². The van der Waals surface area contributed by atoms with Crippen molar-refractivity contribution >= 4 is 34.9 Å². The summed E-state index contributed by atoms with van der Waals surface area (Å²) in [6.07, 6.45) is 5.57. The number of likely N-dealkylation sites (tertiary alicyclic amines) is 2. The van der Waals surface area contributed by atoms with Gasteiger partial charge >= 0.3 is 12.2 Å². The summed E-state index contributed by atoms with van der Waals surface area (Å²) in [7, 11) is 2.55. The molecular formula is C39H43N9O6. The van der Waals surface area contributed by atoms with Gasteiger partial charge in [-0.2, -0.15) is 0 Å². The van der Waals surface area contributed by atoms with Gasteiger partial charge in [0.2, 0.25) is 11.8 Å². The van der Waals surface area contributed by atoms with E-state index in [0.29, 0.717) is 18.9 Å². The molecule has 0 radical (unpaired) electrons. The number of rotatable bonds is 9. The Morgan fingerprint density at radius 3 is 2.20 bits per heavy atom. The molecule has 3 unspecified atom stereocenters. The van der Waals surface area contributed by atoms with E-state index in [-0.39, 0.29) is 36.4 Å². The Hall–Kier alpha value is -6.12. The highest BCUT2D eigenvalue weighted by molar-refractivity contribution is 5.97. The zero-order chi connectivity index (χ0) is 37.7. The topological polar surface area (TPSA) is 190 Å². The number of ether oxygens (including phenoxy) is 2. The third kappa shape index (κ3) is 6.22. The van der Waals surface area contributed by atoms with E-state index in [1.807, 2.05) is 26.2 Å². The number of methoxy groups -OCH3 is 2. The average molecular weight is 734 g/mol. The molecule has 5 aromatic rings. The Kier molecular flexibility index (Phi) is 9.07. The van der Waals surface area contributed by atoms with Crippen LogP contribution in [-0.2, 0) is 25.5 Å². The summed E-state index contributed by atoms with van der Waals surface area (Å²) in [5.74, 6) is 1.02. The maximum Gasteiger partial charge on any atom is 0.407 e. The Morgan fingerprint density at radius 1 is 0.852 bits per heavy atom. The first-order chi connectivity index (χ1) is 26.1. The van der Waals surface area contributed by atoms with Crippen LogP contribution in [0, 0.1) is 5.92 Å². The van der Waals surface area contributed by atoms with Gasteiger partial charge in [-0.3, -0.25) is 9.59 Å². The first-order valence-electron chi connectivity index (χ1n) is 18.3. The molecule has 3 atom stereocenters. The molecule has 2 aromatic carbocycles. The Bertz CT molecular complexity index is 2270. The molecule has 1 aliphatic carbocycles. The molecule has 2 aliphatic heterocycles. The quantitative estimate of drug-likeness (QED) is 0.134. The summed E-state index contributed by atoms with van der Waals surface area (Å²) in [6, 6.07) is 11.7. The fourth-order valence-electron chi connectivity index (χ4n) is 7.96. The van der Waals surface area contributed by atoms with E-state index in [1.54, 1.807) is 9.80 Å². The van der Waals surface area contributed by atoms with Crippen molar-refractivity contribution in [3.8, 4) is 33.8 Å². The summed E-state index contributed by atoms with van der Waals surface area (Å²) in [4.78, 5) is 73.1. The number of imidazole rings is 2. The lowest BCUT2D eigenvalue weighted by atomic mass is 9.96. The first kappa shape index (κ1) is 34.9. The van der Waals surface area contributed by atoms with Gasteiger partial charge in [0, 0.05) is 41.5 Å². The van der Waals surface area contributed by atoms with Gasteiger partial charge in [0.05, 0.1) is 55.8 Å². The predicted octanol–water partition coefficient (Wildman–Crippen LogP) is 5.19. The van der Waals surface area contributed by atoms with Crippen molar-refractivity contribution in [3.63, 3.8) is 0 Å². The highest BCUT2D eigenvalue weighted by Gasteiger charge is 2.40. The summed E-state index contributed by atoms with van der Waals surface area (Å²) in [5, 5.41) is 6.30. The zero-order valence-corrected chi connectivity index (χ0v) is 30.6. The molecule has 2 saturated heterocycles. The summed E-state index contributed by atoms with van der Waals surface area (Å²) in [5.41, 5.74) is 9.54. The number of carbonyl (C=O) groups is 4. The number of nitrogens with zero attached hydrogens (tertiary/aromatic N) is 4. The zero-order valence-electron chi connectivity index (χ0n) is 30.6. The van der Waals surface area contributed by atoms with Crippen LogP contribution in [0.3, 0.4) is 0 Å². The van der Waals surface area contributed by atoms with Crippen LogP contribution < -0.4 is 10.6 Å². The maximum absolute atomic E-state index is 13.4. The van der Waals surface area contributed by atoms with Crippen molar-refractivity contribution in [3.05, 3.63) is 71.6 Å². The number of hydrogen-bond acceptors (Lipinski definition) is 8. The van der Waals surface area contributed by atoms with E-state index >= 15 is 0 Å². The van der Waals surface area contributed by atoms with Crippen LogP contribution in [0.4, 0.5) is 9.59 Å². The van der Waals surface area contributed by atoms with Crippen molar-refractivity contribution in [2.45, 2.75) is 57.7 Å². The predicted molar refractivity (Wildman–Crippen MR) is 199 cm³/mol. The molecule has 280 valence electrons.